The van der Waals surface area contributed by atoms with Gasteiger partial charge in [-0.3, -0.25) is 0 Å². The van der Waals surface area contributed by atoms with E-state index in [0.717, 1.165) is 33.6 Å². The van der Waals surface area contributed by atoms with Gasteiger partial charge in [0.25, 0.3) is 0 Å². The zero-order chi connectivity index (χ0) is 36.0. The molecule has 5 aromatic carbocycles. The molecular formula is C45H49AuN5O. The molecule has 3 heterocycles. The van der Waals surface area contributed by atoms with Crippen molar-refractivity contribution < 1.29 is 27.1 Å². The van der Waals surface area contributed by atoms with Crippen molar-refractivity contribution in [3.05, 3.63) is 132 Å². The van der Waals surface area contributed by atoms with Crippen molar-refractivity contribution in [2.24, 2.45) is 0 Å². The van der Waals surface area contributed by atoms with E-state index < -0.39 is 0 Å². The molecule has 6 nitrogen and oxygen atoms in total. The molecule has 0 aliphatic carbocycles. The van der Waals surface area contributed by atoms with Crippen LogP contribution in [0.2, 0.25) is 0 Å². The van der Waals surface area contributed by atoms with E-state index in [0.29, 0.717) is 23.7 Å². The summed E-state index contributed by atoms with van der Waals surface area (Å²) in [7, 11) is 1.67. The van der Waals surface area contributed by atoms with Crippen LogP contribution in [0.1, 0.15) is 101 Å². The van der Waals surface area contributed by atoms with Crippen molar-refractivity contribution in [1.82, 2.24) is 23.5 Å². The number of aromatic nitrogens is 5. The summed E-state index contributed by atoms with van der Waals surface area (Å²) >= 11 is 0. The molecule has 8 aromatic rings. The third-order valence-corrected chi connectivity index (χ3v) is 9.99. The normalized spacial score (nSPS) is 11.7. The number of hydrogen-bond acceptors (Lipinski definition) is 2. The molecule has 0 amide bonds. The number of rotatable bonds is 7. The standard InChI is InChI=1S/C31H39N2.C14H10N3O.Au/c1-20(2)24-13-11-14-25(21(3)4)30(24)32-19-33(29-18-10-9-17-28(29)32)31-26(22(5)6)15-12-16-27(31)23(7)8;1-18-9-6-7-11-13(8-9)17-12-5-3-2-4-10(12)15-14(17)16-11;/h9-23H,1-8H3;2-8H,1H3;/q+1;-1;. The van der Waals surface area contributed by atoms with Crippen molar-refractivity contribution in [3.63, 3.8) is 0 Å². The molecule has 0 N–H and O–H groups in total. The van der Waals surface area contributed by atoms with Crippen LogP contribution in [-0.2, 0) is 22.4 Å². The van der Waals surface area contributed by atoms with Crippen LogP contribution >= 0.6 is 0 Å². The number of benzene rings is 5. The number of nitrogens with zero attached hydrogens (tertiary/aromatic N) is 5. The van der Waals surface area contributed by atoms with E-state index in [1.165, 1.54) is 44.7 Å². The first-order chi connectivity index (χ1) is 24.6. The van der Waals surface area contributed by atoms with Crippen LogP contribution in [0.25, 0.3) is 50.3 Å². The average Bonchev–Trinajstić information content (AvgIpc) is 3.80. The van der Waals surface area contributed by atoms with Crippen molar-refractivity contribution in [3.8, 4) is 17.1 Å². The van der Waals surface area contributed by atoms with Crippen molar-refractivity contribution >= 4 is 38.9 Å². The molecule has 52 heavy (non-hydrogen) atoms. The van der Waals surface area contributed by atoms with E-state index in [1.54, 1.807) is 7.11 Å². The summed E-state index contributed by atoms with van der Waals surface area (Å²) in [5, 5.41) is 0. The number of fused-ring (bicyclic) bond motifs is 6. The Bertz CT molecular complexity index is 2350. The monoisotopic (exact) mass is 872 g/mol. The van der Waals surface area contributed by atoms with Gasteiger partial charge >= 0.3 is 0 Å². The summed E-state index contributed by atoms with van der Waals surface area (Å²) < 4.78 is 12.2. The van der Waals surface area contributed by atoms with E-state index in [9.17, 15) is 0 Å². The Hall–Kier alpha value is -4.62. The molecule has 0 bridgehead atoms. The minimum absolute atomic E-state index is 0. The van der Waals surface area contributed by atoms with E-state index in [1.807, 2.05) is 36.4 Å². The van der Waals surface area contributed by atoms with Crippen LogP contribution in [0.15, 0.2) is 109 Å². The summed E-state index contributed by atoms with van der Waals surface area (Å²) in [6.07, 6.45) is 2.34. The Labute approximate surface area is 323 Å². The predicted octanol–water partition coefficient (Wildman–Crippen LogP) is 11.8. The molecule has 8 rings (SSSR count). The first-order valence-electron chi connectivity index (χ1n) is 18.2. The molecule has 0 atom stereocenters. The maximum atomic E-state index is 5.27. The molecule has 0 fully saturated rings. The van der Waals surface area contributed by atoms with Gasteiger partial charge in [-0.2, -0.15) is 9.13 Å². The second-order valence-corrected chi connectivity index (χ2v) is 14.7. The molecule has 0 spiro atoms. The van der Waals surface area contributed by atoms with Gasteiger partial charge in [-0.25, -0.2) is 0 Å². The van der Waals surface area contributed by atoms with Gasteiger partial charge in [-0.05, 0) is 66.1 Å². The third kappa shape index (κ3) is 6.60. The summed E-state index contributed by atoms with van der Waals surface area (Å²) in [6, 6.07) is 36.4. The second kappa shape index (κ2) is 15.2. The molecule has 0 unspecified atom stereocenters. The van der Waals surface area contributed by atoms with Gasteiger partial charge in [0.05, 0.1) is 7.11 Å². The number of hydrogen-bond donors (Lipinski definition) is 0. The fourth-order valence-corrected chi connectivity index (χ4v) is 7.39. The summed E-state index contributed by atoms with van der Waals surface area (Å²) in [5.74, 6) is 3.35. The quantitative estimate of drug-likeness (QED) is 0.118. The van der Waals surface area contributed by atoms with Crippen molar-refractivity contribution in [2.45, 2.75) is 79.1 Å². The Morgan fingerprint density at radius 2 is 1.02 bits per heavy atom. The van der Waals surface area contributed by atoms with Crippen molar-refractivity contribution in [1.29, 1.82) is 0 Å². The molecule has 7 heteroatoms. The van der Waals surface area contributed by atoms with E-state index in [4.69, 9.17) is 4.74 Å². The van der Waals surface area contributed by atoms with Gasteiger partial charge in [0, 0.05) is 84.6 Å². The van der Waals surface area contributed by atoms with E-state index in [2.05, 4.69) is 152 Å². The second-order valence-electron chi connectivity index (χ2n) is 14.7. The SMILES string of the molecule is CC(C)c1cccc(C(C)C)c1-n1[cH+]n(-c2c(C(C)C)cccc2C(C)C)c2ccccc21.COc1ccc2nc3[n-]c4ccccc4n3c2c1.[Au]. The van der Waals surface area contributed by atoms with Gasteiger partial charge in [-0.15, -0.1) is 0 Å². The van der Waals surface area contributed by atoms with E-state index >= 15 is 0 Å². The molecule has 0 saturated carbocycles. The smallest absolute Gasteiger partial charge is 0.168 e. The minimum Gasteiger partial charge on any atom is -0.497 e. The van der Waals surface area contributed by atoms with Gasteiger partial charge in [0.2, 0.25) is 0 Å². The fourth-order valence-electron chi connectivity index (χ4n) is 7.39. The Balaban J connectivity index is 0.000000205. The number of imidazole rings is 3. The van der Waals surface area contributed by atoms with Gasteiger partial charge in [0.1, 0.15) is 17.1 Å². The maximum Gasteiger partial charge on any atom is 0.168 e. The minimum atomic E-state index is 0. The maximum absolute atomic E-state index is 5.27. The largest absolute Gasteiger partial charge is 0.497 e. The van der Waals surface area contributed by atoms with Crippen LogP contribution < -0.4 is 9.72 Å². The molecule has 0 aliphatic heterocycles. The van der Waals surface area contributed by atoms with Gasteiger partial charge in [-0.1, -0.05) is 104 Å². The average molecular weight is 873 g/mol. The van der Waals surface area contributed by atoms with Gasteiger partial charge in [0.15, 0.2) is 17.4 Å². The van der Waals surface area contributed by atoms with Crippen LogP contribution in [-0.4, -0.2) is 25.6 Å². The zero-order valence-corrected chi connectivity index (χ0v) is 33.8. The van der Waals surface area contributed by atoms with E-state index in [-0.39, 0.29) is 22.4 Å². The number of ether oxygens (including phenoxy) is 1. The molecular weight excluding hydrogens is 823 g/mol. The molecule has 3 aromatic heterocycles. The fraction of sp³-hybridized carbons (Fsp3) is 0.289. The summed E-state index contributed by atoms with van der Waals surface area (Å²) in [6.45, 7) is 18.4. The Kier molecular flexibility index (Phi) is 10.8. The summed E-state index contributed by atoms with van der Waals surface area (Å²) in [5.41, 5.74) is 14.8. The molecule has 0 saturated heterocycles. The first kappa shape index (κ1) is 37.1. The molecule has 1 radical (unpaired) electrons. The predicted molar refractivity (Wildman–Crippen MR) is 213 cm³/mol. The molecule has 0 aliphatic rings. The Morgan fingerprint density at radius 3 is 1.48 bits per heavy atom. The van der Waals surface area contributed by atoms with Crippen LogP contribution in [0.3, 0.4) is 0 Å². The van der Waals surface area contributed by atoms with Crippen LogP contribution in [0.5, 0.6) is 5.75 Å². The number of methoxy groups -OCH3 is 1. The topological polar surface area (TPSA) is 50.5 Å². The first-order valence-corrected chi connectivity index (χ1v) is 18.2. The molecule has 271 valence electrons. The van der Waals surface area contributed by atoms with Crippen molar-refractivity contribution in [2.75, 3.05) is 7.11 Å². The Morgan fingerprint density at radius 1 is 0.558 bits per heavy atom. The number of para-hydroxylation sites is 6. The van der Waals surface area contributed by atoms with Gasteiger partial charge < -0.3 is 19.1 Å². The third-order valence-electron chi connectivity index (χ3n) is 9.99. The van der Waals surface area contributed by atoms with Crippen LogP contribution in [0, 0.1) is 0 Å². The van der Waals surface area contributed by atoms with Crippen LogP contribution in [0.4, 0.5) is 0 Å². The summed E-state index contributed by atoms with van der Waals surface area (Å²) in [4.78, 5) is 9.04. The zero-order valence-electron chi connectivity index (χ0n) is 31.6.